The maximum atomic E-state index is 13.3. The fourth-order valence-electron chi connectivity index (χ4n) is 3.81. The monoisotopic (exact) mass is 435 g/mol. The molecule has 1 N–H and O–H groups in total. The Bertz CT molecular complexity index is 1490. The van der Waals surface area contributed by atoms with Crippen molar-refractivity contribution in [3.05, 3.63) is 119 Å². The van der Waals surface area contributed by atoms with E-state index in [1.165, 1.54) is 6.26 Å². The Morgan fingerprint density at radius 1 is 0.939 bits per heavy atom. The van der Waals surface area contributed by atoms with Crippen molar-refractivity contribution >= 4 is 22.5 Å². The van der Waals surface area contributed by atoms with Crippen molar-refractivity contribution in [1.82, 2.24) is 9.55 Å². The van der Waals surface area contributed by atoms with Crippen molar-refractivity contribution in [2.45, 2.75) is 13.5 Å². The van der Waals surface area contributed by atoms with Crippen molar-refractivity contribution in [2.24, 2.45) is 0 Å². The molecule has 0 aliphatic rings. The summed E-state index contributed by atoms with van der Waals surface area (Å²) >= 11 is 0. The van der Waals surface area contributed by atoms with Gasteiger partial charge in [-0.3, -0.25) is 14.2 Å². The number of nitrogens with one attached hydrogen (secondary N) is 1. The van der Waals surface area contributed by atoms with Gasteiger partial charge in [-0.15, -0.1) is 0 Å². The van der Waals surface area contributed by atoms with Gasteiger partial charge < -0.3 is 9.73 Å². The highest BCUT2D eigenvalue weighted by molar-refractivity contribution is 6.03. The molecule has 6 nitrogen and oxygen atoms in total. The second-order valence-electron chi connectivity index (χ2n) is 7.78. The highest BCUT2D eigenvalue weighted by Gasteiger charge is 2.13. The summed E-state index contributed by atoms with van der Waals surface area (Å²) < 4.78 is 6.78. The van der Waals surface area contributed by atoms with Crippen LogP contribution in [0.1, 0.15) is 21.9 Å². The van der Waals surface area contributed by atoms with E-state index in [0.29, 0.717) is 29.0 Å². The zero-order valence-corrected chi connectivity index (χ0v) is 18.0. The predicted octanol–water partition coefficient (Wildman–Crippen LogP) is 5.27. The Kier molecular flexibility index (Phi) is 5.32. The summed E-state index contributed by atoms with van der Waals surface area (Å²) in [5.41, 5.74) is 4.21. The van der Waals surface area contributed by atoms with E-state index >= 15 is 0 Å². The molecule has 6 heteroatoms. The number of aryl methyl sites for hydroxylation is 1. The topological polar surface area (TPSA) is 77.1 Å². The molecule has 1 amide bonds. The molecule has 5 rings (SSSR count). The number of hydrogen-bond acceptors (Lipinski definition) is 4. The number of hydrogen-bond donors (Lipinski definition) is 1. The van der Waals surface area contributed by atoms with Crippen LogP contribution in [0.15, 0.2) is 100 Å². The van der Waals surface area contributed by atoms with Crippen LogP contribution in [0, 0.1) is 6.92 Å². The molecular weight excluding hydrogens is 414 g/mol. The van der Waals surface area contributed by atoms with E-state index in [2.05, 4.69) is 34.6 Å². The van der Waals surface area contributed by atoms with Crippen LogP contribution in [-0.4, -0.2) is 15.5 Å². The molecule has 0 fully saturated rings. The van der Waals surface area contributed by atoms with Crippen molar-refractivity contribution in [3.8, 4) is 11.1 Å². The van der Waals surface area contributed by atoms with Gasteiger partial charge in [-0.25, -0.2) is 4.98 Å². The molecule has 0 spiro atoms. The number of fused-ring (bicyclic) bond motifs is 1. The smallest absolute Gasteiger partial charge is 0.291 e. The number of rotatable bonds is 5. The van der Waals surface area contributed by atoms with Gasteiger partial charge in [-0.2, -0.15) is 0 Å². The minimum atomic E-state index is -0.377. The first-order valence-corrected chi connectivity index (χ1v) is 10.6. The summed E-state index contributed by atoms with van der Waals surface area (Å²) in [6.07, 6.45) is 1.44. The molecule has 0 saturated carbocycles. The van der Waals surface area contributed by atoms with E-state index < -0.39 is 0 Å². The van der Waals surface area contributed by atoms with Gasteiger partial charge in [0.05, 0.1) is 23.7 Å². The molecule has 0 unspecified atom stereocenters. The van der Waals surface area contributed by atoms with E-state index in [4.69, 9.17) is 4.42 Å². The second kappa shape index (κ2) is 8.59. The van der Waals surface area contributed by atoms with Crippen LogP contribution in [0.2, 0.25) is 0 Å². The molecule has 2 aromatic heterocycles. The van der Waals surface area contributed by atoms with E-state index in [0.717, 1.165) is 16.7 Å². The summed E-state index contributed by atoms with van der Waals surface area (Å²) in [4.78, 5) is 30.2. The molecule has 162 valence electrons. The molecule has 0 aliphatic carbocycles. The van der Waals surface area contributed by atoms with Crippen molar-refractivity contribution in [3.63, 3.8) is 0 Å². The van der Waals surface area contributed by atoms with Gasteiger partial charge in [0.15, 0.2) is 5.76 Å². The molecule has 5 aromatic rings. The zero-order chi connectivity index (χ0) is 22.8. The number of carbonyl (C=O) groups excluding carboxylic acids is 1. The summed E-state index contributed by atoms with van der Waals surface area (Å²) in [7, 11) is 0. The molecule has 0 radical (unpaired) electrons. The molecule has 2 heterocycles. The van der Waals surface area contributed by atoms with Crippen LogP contribution in [0.5, 0.6) is 0 Å². The molecule has 0 saturated heterocycles. The SMILES string of the molecule is Cc1nc2ccc(NC(=O)c3ccco3)cc2c(=O)n1Cc1ccc(-c2ccccc2)cc1. The summed E-state index contributed by atoms with van der Waals surface area (Å²) in [6, 6.07) is 26.7. The normalized spacial score (nSPS) is 10.9. The second-order valence-corrected chi connectivity index (χ2v) is 7.78. The van der Waals surface area contributed by atoms with Crippen LogP contribution in [-0.2, 0) is 6.54 Å². The van der Waals surface area contributed by atoms with Crippen LogP contribution < -0.4 is 10.9 Å². The van der Waals surface area contributed by atoms with Gasteiger partial charge in [-0.1, -0.05) is 54.6 Å². The Morgan fingerprint density at radius 2 is 1.70 bits per heavy atom. The average Bonchev–Trinajstić information content (AvgIpc) is 3.39. The first kappa shape index (κ1) is 20.5. The first-order chi connectivity index (χ1) is 16.1. The molecule has 33 heavy (non-hydrogen) atoms. The van der Waals surface area contributed by atoms with Crippen LogP contribution in [0.4, 0.5) is 5.69 Å². The fourth-order valence-corrected chi connectivity index (χ4v) is 3.81. The van der Waals surface area contributed by atoms with Crippen LogP contribution >= 0.6 is 0 Å². The predicted molar refractivity (Wildman–Crippen MR) is 128 cm³/mol. The lowest BCUT2D eigenvalue weighted by atomic mass is 10.0. The van der Waals surface area contributed by atoms with Gasteiger partial charge in [-0.05, 0) is 53.9 Å². The number of amides is 1. The van der Waals surface area contributed by atoms with Gasteiger partial charge in [0, 0.05) is 5.69 Å². The lowest BCUT2D eigenvalue weighted by molar-refractivity contribution is 0.0996. The molecule has 3 aromatic carbocycles. The standard InChI is InChI=1S/C27H21N3O3/c1-18-28-24-14-13-22(29-26(31)25-8-5-15-33-25)16-23(24)27(32)30(18)17-19-9-11-21(12-10-19)20-6-3-2-4-7-20/h2-16H,17H2,1H3,(H,29,31). The van der Waals surface area contributed by atoms with Gasteiger partial charge in [0.2, 0.25) is 0 Å². The molecule has 0 aliphatic heterocycles. The minimum absolute atomic E-state index is 0.154. The lowest BCUT2D eigenvalue weighted by Gasteiger charge is -2.12. The Hall–Kier alpha value is -4.45. The Balaban J connectivity index is 1.44. The lowest BCUT2D eigenvalue weighted by Crippen LogP contribution is -2.24. The Morgan fingerprint density at radius 3 is 2.42 bits per heavy atom. The molecular formula is C27H21N3O3. The van der Waals surface area contributed by atoms with Crippen LogP contribution in [0.3, 0.4) is 0 Å². The third-order valence-corrected chi connectivity index (χ3v) is 5.55. The van der Waals surface area contributed by atoms with Gasteiger partial charge >= 0.3 is 0 Å². The first-order valence-electron chi connectivity index (χ1n) is 10.6. The van der Waals surface area contributed by atoms with E-state index in [1.807, 2.05) is 37.3 Å². The average molecular weight is 435 g/mol. The molecule has 0 bridgehead atoms. The number of nitrogens with zero attached hydrogens (tertiary/aromatic N) is 2. The quantitative estimate of drug-likeness (QED) is 0.408. The van der Waals surface area contributed by atoms with E-state index in [9.17, 15) is 9.59 Å². The third kappa shape index (κ3) is 4.19. The highest BCUT2D eigenvalue weighted by atomic mass is 16.3. The number of benzene rings is 3. The highest BCUT2D eigenvalue weighted by Crippen LogP contribution is 2.20. The van der Waals surface area contributed by atoms with E-state index in [1.54, 1.807) is 34.9 Å². The zero-order valence-electron chi connectivity index (χ0n) is 18.0. The summed E-state index contributed by atoms with van der Waals surface area (Å²) in [5, 5.41) is 3.20. The number of carbonyl (C=O) groups is 1. The summed E-state index contributed by atoms with van der Waals surface area (Å²) in [6.45, 7) is 2.23. The van der Waals surface area contributed by atoms with Crippen molar-refractivity contribution < 1.29 is 9.21 Å². The number of anilines is 1. The number of aromatic nitrogens is 2. The van der Waals surface area contributed by atoms with Crippen molar-refractivity contribution in [1.29, 1.82) is 0 Å². The maximum Gasteiger partial charge on any atom is 0.291 e. The maximum absolute atomic E-state index is 13.3. The van der Waals surface area contributed by atoms with Gasteiger partial charge in [0.1, 0.15) is 5.82 Å². The summed E-state index contributed by atoms with van der Waals surface area (Å²) in [5.74, 6) is 0.457. The van der Waals surface area contributed by atoms with E-state index in [-0.39, 0.29) is 17.2 Å². The van der Waals surface area contributed by atoms with Gasteiger partial charge in [0.25, 0.3) is 11.5 Å². The third-order valence-electron chi connectivity index (χ3n) is 5.55. The fraction of sp³-hybridized carbons (Fsp3) is 0.0741. The molecule has 0 atom stereocenters. The minimum Gasteiger partial charge on any atom is -0.459 e. The van der Waals surface area contributed by atoms with Crippen molar-refractivity contribution in [2.75, 3.05) is 5.32 Å². The largest absolute Gasteiger partial charge is 0.459 e. The Labute approximate surface area is 190 Å². The van der Waals surface area contributed by atoms with Crippen LogP contribution in [0.25, 0.3) is 22.0 Å². The number of furan rings is 1.